The molecule has 0 spiro atoms. The summed E-state index contributed by atoms with van der Waals surface area (Å²) in [6.07, 6.45) is 0. The van der Waals surface area contributed by atoms with E-state index in [4.69, 9.17) is 9.47 Å². The number of aryl methyl sites for hydroxylation is 1. The molecule has 166 valence electrons. The maximum atomic E-state index is 12.4. The summed E-state index contributed by atoms with van der Waals surface area (Å²) in [5, 5.41) is 67.7. The Balaban J connectivity index is 1.91. The quantitative estimate of drug-likeness (QED) is 0.177. The van der Waals surface area contributed by atoms with Gasteiger partial charge in [-0.2, -0.15) is 0 Å². The highest BCUT2D eigenvalue weighted by molar-refractivity contribution is 5.95. The van der Waals surface area contributed by atoms with Crippen molar-refractivity contribution in [2.24, 2.45) is 0 Å². The van der Waals surface area contributed by atoms with E-state index in [2.05, 4.69) is 0 Å². The molecule has 32 heavy (non-hydrogen) atoms. The molecule has 0 bridgehead atoms. The molecule has 11 heteroatoms. The lowest BCUT2D eigenvalue weighted by Crippen LogP contribution is -2.11. The van der Waals surface area contributed by atoms with Crippen LogP contribution < -0.4 is 9.47 Å². The van der Waals surface area contributed by atoms with Gasteiger partial charge in [0.05, 0.1) is 11.1 Å². The molecular formula is C21H16O11. The molecule has 0 aliphatic rings. The van der Waals surface area contributed by atoms with Crippen molar-refractivity contribution in [3.8, 4) is 51.7 Å². The fraction of sp³-hybridized carbons (Fsp3) is 0.0476. The second-order valence-electron chi connectivity index (χ2n) is 6.62. The van der Waals surface area contributed by atoms with Crippen LogP contribution in [-0.4, -0.2) is 47.7 Å². The van der Waals surface area contributed by atoms with Crippen molar-refractivity contribution < 1.29 is 54.8 Å². The average Bonchev–Trinajstić information content (AvgIpc) is 2.72. The van der Waals surface area contributed by atoms with Crippen LogP contribution >= 0.6 is 0 Å². The normalized spacial score (nSPS) is 10.5. The van der Waals surface area contributed by atoms with Gasteiger partial charge in [-0.25, -0.2) is 9.59 Å². The van der Waals surface area contributed by atoms with Crippen LogP contribution in [0.4, 0.5) is 0 Å². The number of rotatable bonds is 4. The van der Waals surface area contributed by atoms with E-state index >= 15 is 0 Å². The predicted molar refractivity (Wildman–Crippen MR) is 106 cm³/mol. The zero-order valence-corrected chi connectivity index (χ0v) is 16.2. The molecule has 0 fully saturated rings. The minimum absolute atomic E-state index is 0.381. The maximum Gasteiger partial charge on any atom is 0.343 e. The van der Waals surface area contributed by atoms with Crippen LogP contribution in [0.1, 0.15) is 26.3 Å². The number of esters is 2. The van der Waals surface area contributed by atoms with E-state index in [9.17, 15) is 45.3 Å². The first-order chi connectivity index (χ1) is 15.0. The Morgan fingerprint density at radius 3 is 1.44 bits per heavy atom. The van der Waals surface area contributed by atoms with Crippen LogP contribution in [-0.2, 0) is 0 Å². The molecule has 0 aliphatic carbocycles. The molecule has 0 saturated carbocycles. The van der Waals surface area contributed by atoms with Gasteiger partial charge >= 0.3 is 11.9 Å². The molecule has 0 heterocycles. The Bertz CT molecular complexity index is 1220. The van der Waals surface area contributed by atoms with Gasteiger partial charge < -0.3 is 45.2 Å². The van der Waals surface area contributed by atoms with Gasteiger partial charge in [0.1, 0.15) is 0 Å². The van der Waals surface area contributed by atoms with E-state index in [1.165, 1.54) is 12.1 Å². The van der Waals surface area contributed by atoms with Gasteiger partial charge in [-0.1, -0.05) is 0 Å². The molecule has 0 amide bonds. The zero-order valence-electron chi connectivity index (χ0n) is 16.2. The smallest absolute Gasteiger partial charge is 0.343 e. The number of benzene rings is 3. The monoisotopic (exact) mass is 444 g/mol. The summed E-state index contributed by atoms with van der Waals surface area (Å²) in [5.41, 5.74) is -0.364. The average molecular weight is 444 g/mol. The molecule has 0 aromatic heterocycles. The molecule has 7 N–H and O–H groups in total. The number of ether oxygens (including phenoxy) is 2. The highest BCUT2D eigenvalue weighted by Crippen LogP contribution is 2.40. The van der Waals surface area contributed by atoms with Crippen LogP contribution in [0, 0.1) is 6.92 Å². The van der Waals surface area contributed by atoms with Crippen LogP contribution in [0.5, 0.6) is 51.7 Å². The third kappa shape index (κ3) is 4.21. The number of phenols is 7. The number of aromatic hydroxyl groups is 7. The summed E-state index contributed by atoms with van der Waals surface area (Å²) in [6, 6.07) is 5.70. The SMILES string of the molecule is Cc1cc(O)c(O)c(OC(=O)c2cc(O)c(O)c(OC(=O)c3cc(O)c(O)c(O)c3)c2)c1. The minimum atomic E-state index is -1.22. The van der Waals surface area contributed by atoms with E-state index in [1.807, 2.05) is 0 Å². The standard InChI is InChI=1S/C21H16O11/c1-8-2-11(22)18(27)15(3-8)31-21(30)10-6-14(25)19(28)16(7-10)32-20(29)9-4-12(23)17(26)13(24)5-9/h2-7,22-28H,1H3. The Labute approximate surface area is 179 Å². The van der Waals surface area contributed by atoms with E-state index in [0.717, 1.165) is 24.3 Å². The van der Waals surface area contributed by atoms with Crippen molar-refractivity contribution in [3.63, 3.8) is 0 Å². The summed E-state index contributed by atoms with van der Waals surface area (Å²) in [7, 11) is 0. The largest absolute Gasteiger partial charge is 0.504 e. The molecule has 3 rings (SSSR count). The topological polar surface area (TPSA) is 194 Å². The first-order valence-corrected chi connectivity index (χ1v) is 8.75. The van der Waals surface area contributed by atoms with Crippen LogP contribution in [0.2, 0.25) is 0 Å². The second-order valence-corrected chi connectivity index (χ2v) is 6.62. The highest BCUT2D eigenvalue weighted by Gasteiger charge is 2.22. The van der Waals surface area contributed by atoms with Gasteiger partial charge in [-0.05, 0) is 48.9 Å². The number of carbonyl (C=O) groups is 2. The summed E-state index contributed by atoms with van der Waals surface area (Å²) in [4.78, 5) is 24.7. The van der Waals surface area contributed by atoms with Gasteiger partial charge in [0.25, 0.3) is 0 Å². The second kappa shape index (κ2) is 8.14. The number of hydrogen-bond acceptors (Lipinski definition) is 11. The minimum Gasteiger partial charge on any atom is -0.504 e. The third-order valence-electron chi connectivity index (χ3n) is 4.20. The van der Waals surface area contributed by atoms with E-state index in [1.54, 1.807) is 6.92 Å². The van der Waals surface area contributed by atoms with Crippen LogP contribution in [0.15, 0.2) is 36.4 Å². The van der Waals surface area contributed by atoms with Gasteiger partial charge in [0.15, 0.2) is 40.2 Å². The molecule has 0 unspecified atom stereocenters. The lowest BCUT2D eigenvalue weighted by atomic mass is 10.1. The zero-order chi connectivity index (χ0) is 23.7. The first kappa shape index (κ1) is 21.9. The lowest BCUT2D eigenvalue weighted by Gasteiger charge is -2.12. The number of carbonyl (C=O) groups excluding carboxylic acids is 2. The molecular weight excluding hydrogens is 428 g/mol. The van der Waals surface area contributed by atoms with E-state index in [0.29, 0.717) is 5.56 Å². The summed E-state index contributed by atoms with van der Waals surface area (Å²) in [6.45, 7) is 1.57. The van der Waals surface area contributed by atoms with E-state index < -0.39 is 69.1 Å². The van der Waals surface area contributed by atoms with Crippen LogP contribution in [0.3, 0.4) is 0 Å². The van der Waals surface area contributed by atoms with Gasteiger partial charge in [0.2, 0.25) is 11.5 Å². The highest BCUT2D eigenvalue weighted by atomic mass is 16.5. The Kier molecular flexibility index (Phi) is 5.57. The predicted octanol–water partition coefficient (Wildman–Crippen LogP) is 2.37. The fourth-order valence-electron chi connectivity index (χ4n) is 2.63. The first-order valence-electron chi connectivity index (χ1n) is 8.75. The van der Waals surface area contributed by atoms with Gasteiger partial charge in [0, 0.05) is 0 Å². The van der Waals surface area contributed by atoms with Crippen molar-refractivity contribution >= 4 is 11.9 Å². The molecule has 0 atom stereocenters. The molecule has 0 radical (unpaired) electrons. The third-order valence-corrected chi connectivity index (χ3v) is 4.20. The van der Waals surface area contributed by atoms with Crippen molar-refractivity contribution in [2.45, 2.75) is 6.92 Å². The van der Waals surface area contributed by atoms with Gasteiger partial charge in [-0.3, -0.25) is 0 Å². The fourth-order valence-corrected chi connectivity index (χ4v) is 2.63. The van der Waals surface area contributed by atoms with Crippen molar-refractivity contribution in [1.29, 1.82) is 0 Å². The van der Waals surface area contributed by atoms with Crippen molar-refractivity contribution in [1.82, 2.24) is 0 Å². The molecule has 0 aliphatic heterocycles. The molecule has 11 nitrogen and oxygen atoms in total. The summed E-state index contributed by atoms with van der Waals surface area (Å²) >= 11 is 0. The lowest BCUT2D eigenvalue weighted by molar-refractivity contribution is 0.0707. The molecule has 3 aromatic rings. The Hall–Kier alpha value is -4.80. The van der Waals surface area contributed by atoms with Crippen molar-refractivity contribution in [2.75, 3.05) is 0 Å². The van der Waals surface area contributed by atoms with E-state index in [-0.39, 0.29) is 5.75 Å². The Morgan fingerprint density at radius 2 is 0.938 bits per heavy atom. The molecule has 3 aromatic carbocycles. The van der Waals surface area contributed by atoms with Crippen molar-refractivity contribution in [3.05, 3.63) is 53.1 Å². The molecule has 0 saturated heterocycles. The van der Waals surface area contributed by atoms with Crippen LogP contribution in [0.25, 0.3) is 0 Å². The summed E-state index contributed by atoms with van der Waals surface area (Å²) in [5.74, 6) is -8.91. The number of hydrogen-bond donors (Lipinski definition) is 7. The summed E-state index contributed by atoms with van der Waals surface area (Å²) < 4.78 is 9.92. The van der Waals surface area contributed by atoms with Gasteiger partial charge in [-0.15, -0.1) is 0 Å². The number of phenolic OH excluding ortho intramolecular Hbond substituents is 7. The Morgan fingerprint density at radius 1 is 0.562 bits per heavy atom. The maximum absolute atomic E-state index is 12.4.